The second kappa shape index (κ2) is 11.4. The molecule has 0 saturated carbocycles. The van der Waals surface area contributed by atoms with Gasteiger partial charge in [0.2, 0.25) is 11.8 Å². The third kappa shape index (κ3) is 5.56. The summed E-state index contributed by atoms with van der Waals surface area (Å²) in [7, 11) is 0. The Bertz CT molecular complexity index is 1730. The van der Waals surface area contributed by atoms with Gasteiger partial charge in [-0.1, -0.05) is 35.1 Å². The second-order valence-corrected chi connectivity index (χ2v) is 9.70. The summed E-state index contributed by atoms with van der Waals surface area (Å²) in [5, 5.41) is 14.0. The number of tetrazole rings is 1. The molecule has 2 aromatic carbocycles. The average molecular weight is 574 g/mol. The zero-order valence-electron chi connectivity index (χ0n) is 22.4. The van der Waals surface area contributed by atoms with Gasteiger partial charge in [0.1, 0.15) is 11.2 Å². The lowest BCUT2D eigenvalue weighted by Gasteiger charge is -2.38. The molecule has 2 amide bonds. The van der Waals surface area contributed by atoms with Gasteiger partial charge in [0.05, 0.1) is 6.04 Å². The third-order valence-corrected chi connectivity index (χ3v) is 6.88. The molecular formula is C28H25F2N9O3. The van der Waals surface area contributed by atoms with Gasteiger partial charge in [-0.05, 0) is 41.1 Å². The van der Waals surface area contributed by atoms with E-state index in [0.717, 1.165) is 5.56 Å². The van der Waals surface area contributed by atoms with Crippen molar-refractivity contribution in [3.63, 3.8) is 0 Å². The molecular weight excluding hydrogens is 548 g/mol. The van der Waals surface area contributed by atoms with Gasteiger partial charge < -0.3 is 14.6 Å². The molecule has 1 N–H and O–H groups in total. The highest BCUT2D eigenvalue weighted by molar-refractivity contribution is 5.94. The van der Waals surface area contributed by atoms with Crippen LogP contribution in [0.1, 0.15) is 41.4 Å². The standard InChI is InChI=1S/C28H25F2N9O3/c1-17(40)32-20-7-8-23-21(16-20)33-26(42-23)19-9-10-31-22(15-19)27(41)38-13-11-37(12-14-38)24(18-5-3-2-4-6-18)25-34-36-39(35-25)28(29)30/h2-10,15-16,24,28H,11-14H2,1H3,(H,32,40). The Hall–Kier alpha value is -5.11. The van der Waals surface area contributed by atoms with Crippen molar-refractivity contribution in [3.05, 3.63) is 83.9 Å². The number of hydrogen-bond donors (Lipinski definition) is 1. The number of pyridine rings is 1. The smallest absolute Gasteiger partial charge is 0.350 e. The maximum Gasteiger partial charge on any atom is 0.350 e. The van der Waals surface area contributed by atoms with Gasteiger partial charge in [0, 0.05) is 50.6 Å². The van der Waals surface area contributed by atoms with Crippen molar-refractivity contribution in [2.75, 3.05) is 31.5 Å². The molecule has 1 unspecified atom stereocenters. The van der Waals surface area contributed by atoms with E-state index in [9.17, 15) is 18.4 Å². The molecule has 12 nitrogen and oxygen atoms in total. The monoisotopic (exact) mass is 573 g/mol. The number of halogens is 2. The number of amides is 2. The van der Waals surface area contributed by atoms with E-state index in [1.54, 1.807) is 35.2 Å². The highest BCUT2D eigenvalue weighted by atomic mass is 19.3. The number of carbonyl (C=O) groups excluding carboxylic acids is 2. The minimum atomic E-state index is -2.89. The number of fused-ring (bicyclic) bond motifs is 1. The summed E-state index contributed by atoms with van der Waals surface area (Å²) < 4.78 is 32.2. The van der Waals surface area contributed by atoms with Crippen molar-refractivity contribution in [3.8, 4) is 11.5 Å². The van der Waals surface area contributed by atoms with E-state index in [0.29, 0.717) is 59.2 Å². The summed E-state index contributed by atoms with van der Waals surface area (Å²) in [4.78, 5) is 37.6. The Labute approximate surface area is 238 Å². The highest BCUT2D eigenvalue weighted by Crippen LogP contribution is 2.29. The van der Waals surface area contributed by atoms with Gasteiger partial charge in [-0.2, -0.15) is 8.78 Å². The maximum atomic E-state index is 13.4. The molecule has 5 aromatic rings. The minimum Gasteiger partial charge on any atom is -0.436 e. The summed E-state index contributed by atoms with van der Waals surface area (Å²) in [5.74, 6) is 0.0426. The predicted octanol–water partition coefficient (Wildman–Crippen LogP) is 3.78. The Balaban J connectivity index is 1.18. The molecule has 1 aliphatic heterocycles. The lowest BCUT2D eigenvalue weighted by atomic mass is 10.0. The Morgan fingerprint density at radius 1 is 1.00 bits per heavy atom. The number of rotatable bonds is 7. The van der Waals surface area contributed by atoms with Crippen molar-refractivity contribution in [2.24, 2.45) is 0 Å². The molecule has 0 radical (unpaired) electrons. The zero-order chi connectivity index (χ0) is 29.2. The van der Waals surface area contributed by atoms with Crippen LogP contribution < -0.4 is 5.32 Å². The molecule has 0 bridgehead atoms. The molecule has 214 valence electrons. The van der Waals surface area contributed by atoms with Gasteiger partial charge in [-0.15, -0.1) is 10.2 Å². The van der Waals surface area contributed by atoms with E-state index in [2.05, 4.69) is 30.7 Å². The SMILES string of the molecule is CC(=O)Nc1ccc2oc(-c3ccnc(C(=O)N4CCN(C(c5ccccc5)c5nnn(C(F)F)n5)CC4)c3)nc2c1. The lowest BCUT2D eigenvalue weighted by Crippen LogP contribution is -2.50. The number of piperazine rings is 1. The third-order valence-electron chi connectivity index (χ3n) is 6.88. The van der Waals surface area contributed by atoms with Crippen LogP contribution in [0.15, 0.2) is 71.3 Å². The van der Waals surface area contributed by atoms with E-state index >= 15 is 0 Å². The van der Waals surface area contributed by atoms with E-state index in [-0.39, 0.29) is 23.3 Å². The van der Waals surface area contributed by atoms with Crippen molar-refractivity contribution >= 4 is 28.6 Å². The molecule has 42 heavy (non-hydrogen) atoms. The highest BCUT2D eigenvalue weighted by Gasteiger charge is 2.32. The molecule has 4 heterocycles. The molecule has 1 saturated heterocycles. The fourth-order valence-corrected chi connectivity index (χ4v) is 4.94. The van der Waals surface area contributed by atoms with Crippen LogP contribution in [0.5, 0.6) is 0 Å². The molecule has 1 fully saturated rings. The predicted molar refractivity (Wildman–Crippen MR) is 146 cm³/mol. The molecule has 3 aromatic heterocycles. The first-order valence-corrected chi connectivity index (χ1v) is 13.2. The van der Waals surface area contributed by atoms with Crippen LogP contribution >= 0.6 is 0 Å². The van der Waals surface area contributed by atoms with Crippen molar-refractivity contribution in [1.29, 1.82) is 0 Å². The van der Waals surface area contributed by atoms with Crippen LogP contribution in [0.4, 0.5) is 14.5 Å². The number of nitrogens with zero attached hydrogens (tertiary/aromatic N) is 8. The number of oxazole rings is 1. The van der Waals surface area contributed by atoms with E-state index in [1.165, 1.54) is 13.1 Å². The number of aromatic nitrogens is 6. The largest absolute Gasteiger partial charge is 0.436 e. The van der Waals surface area contributed by atoms with Gasteiger partial charge >= 0.3 is 6.55 Å². The quantitative estimate of drug-likeness (QED) is 0.309. The first-order valence-electron chi connectivity index (χ1n) is 13.2. The van der Waals surface area contributed by atoms with Crippen LogP contribution in [-0.4, -0.2) is 78.0 Å². The van der Waals surface area contributed by atoms with Crippen LogP contribution in [0.25, 0.3) is 22.6 Å². The van der Waals surface area contributed by atoms with E-state index in [1.807, 2.05) is 35.2 Å². The van der Waals surface area contributed by atoms with E-state index in [4.69, 9.17) is 4.42 Å². The second-order valence-electron chi connectivity index (χ2n) is 9.70. The average Bonchev–Trinajstić information content (AvgIpc) is 3.66. The number of hydrogen-bond acceptors (Lipinski definition) is 9. The molecule has 1 aliphatic rings. The number of carbonyl (C=O) groups is 2. The molecule has 1 atom stereocenters. The fourth-order valence-electron chi connectivity index (χ4n) is 4.94. The number of benzene rings is 2. The van der Waals surface area contributed by atoms with Crippen LogP contribution in [0.2, 0.25) is 0 Å². The first-order chi connectivity index (χ1) is 20.4. The number of anilines is 1. The molecule has 14 heteroatoms. The Morgan fingerprint density at radius 3 is 2.50 bits per heavy atom. The van der Waals surface area contributed by atoms with Crippen LogP contribution in [0.3, 0.4) is 0 Å². The Morgan fingerprint density at radius 2 is 1.79 bits per heavy atom. The van der Waals surface area contributed by atoms with Gasteiger partial charge in [-0.25, -0.2) is 4.98 Å². The van der Waals surface area contributed by atoms with Gasteiger partial charge in [0.15, 0.2) is 11.4 Å². The van der Waals surface area contributed by atoms with Crippen LogP contribution in [0, 0.1) is 0 Å². The van der Waals surface area contributed by atoms with Crippen molar-refractivity contribution < 1.29 is 22.8 Å². The zero-order valence-corrected chi connectivity index (χ0v) is 22.4. The summed E-state index contributed by atoms with van der Waals surface area (Å²) in [6.07, 6.45) is 1.53. The maximum absolute atomic E-state index is 13.4. The minimum absolute atomic E-state index is 0.165. The topological polar surface area (TPSA) is 135 Å². The van der Waals surface area contributed by atoms with Gasteiger partial charge in [-0.3, -0.25) is 19.5 Å². The normalized spacial score (nSPS) is 14.8. The number of alkyl halides is 2. The first kappa shape index (κ1) is 27.1. The van der Waals surface area contributed by atoms with Crippen molar-refractivity contribution in [2.45, 2.75) is 19.5 Å². The lowest BCUT2D eigenvalue weighted by molar-refractivity contribution is -0.114. The number of nitrogens with one attached hydrogen (secondary N) is 1. The summed E-state index contributed by atoms with van der Waals surface area (Å²) in [6.45, 7) is 0.204. The Kier molecular flexibility index (Phi) is 7.35. The molecule has 0 aliphatic carbocycles. The van der Waals surface area contributed by atoms with Crippen LogP contribution in [-0.2, 0) is 4.79 Å². The summed E-state index contributed by atoms with van der Waals surface area (Å²) in [6, 6.07) is 17.3. The fraction of sp³-hybridized carbons (Fsp3) is 0.250. The molecule has 0 spiro atoms. The molecule has 6 rings (SSSR count). The van der Waals surface area contributed by atoms with Crippen molar-refractivity contribution in [1.82, 2.24) is 40.0 Å². The summed E-state index contributed by atoms with van der Waals surface area (Å²) >= 11 is 0. The van der Waals surface area contributed by atoms with Gasteiger partial charge in [0.25, 0.3) is 5.91 Å². The van der Waals surface area contributed by atoms with E-state index < -0.39 is 12.6 Å². The summed E-state index contributed by atoms with van der Waals surface area (Å²) in [5.41, 5.74) is 3.36.